The van der Waals surface area contributed by atoms with E-state index in [4.69, 9.17) is 5.73 Å². The molecule has 2 saturated carbocycles. The number of hydrogen-bond acceptors (Lipinski definition) is 2. The highest BCUT2D eigenvalue weighted by Gasteiger charge is 2.21. The van der Waals surface area contributed by atoms with Gasteiger partial charge in [0.25, 0.3) is 0 Å². The van der Waals surface area contributed by atoms with Gasteiger partial charge in [-0.05, 0) is 38.1 Å². The van der Waals surface area contributed by atoms with Gasteiger partial charge in [0.1, 0.15) is 0 Å². The number of nitrogens with two attached hydrogens (primary N) is 1. The van der Waals surface area contributed by atoms with Gasteiger partial charge in [-0.1, -0.05) is 38.5 Å². The molecular formula is C14H28N2. The second-order valence-electron chi connectivity index (χ2n) is 5.81. The minimum Gasteiger partial charge on any atom is -0.327 e. The van der Waals surface area contributed by atoms with E-state index in [2.05, 4.69) is 5.32 Å². The van der Waals surface area contributed by atoms with E-state index in [1.54, 1.807) is 0 Å². The second kappa shape index (κ2) is 6.61. The van der Waals surface area contributed by atoms with Crippen molar-refractivity contribution in [1.29, 1.82) is 0 Å². The summed E-state index contributed by atoms with van der Waals surface area (Å²) in [6.07, 6.45) is 13.8. The van der Waals surface area contributed by atoms with Gasteiger partial charge in [-0.15, -0.1) is 0 Å². The Morgan fingerprint density at radius 1 is 0.812 bits per heavy atom. The third-order valence-electron chi connectivity index (χ3n) is 4.49. The van der Waals surface area contributed by atoms with E-state index < -0.39 is 0 Å². The summed E-state index contributed by atoms with van der Waals surface area (Å²) in [4.78, 5) is 0. The van der Waals surface area contributed by atoms with Crippen LogP contribution in [-0.4, -0.2) is 18.6 Å². The molecule has 0 aliphatic heterocycles. The molecule has 2 aliphatic rings. The van der Waals surface area contributed by atoms with E-state index in [9.17, 15) is 0 Å². The highest BCUT2D eigenvalue weighted by molar-refractivity contribution is 4.80. The third kappa shape index (κ3) is 3.74. The highest BCUT2D eigenvalue weighted by Crippen LogP contribution is 2.23. The van der Waals surface area contributed by atoms with Crippen LogP contribution in [-0.2, 0) is 0 Å². The molecule has 2 atom stereocenters. The van der Waals surface area contributed by atoms with E-state index in [0.29, 0.717) is 6.04 Å². The first kappa shape index (κ1) is 12.4. The molecule has 2 heteroatoms. The zero-order valence-electron chi connectivity index (χ0n) is 10.6. The average molecular weight is 224 g/mol. The molecule has 0 amide bonds. The lowest BCUT2D eigenvalue weighted by molar-refractivity contribution is 0.314. The lowest BCUT2D eigenvalue weighted by Gasteiger charge is -2.27. The van der Waals surface area contributed by atoms with Crippen molar-refractivity contribution in [3.63, 3.8) is 0 Å². The molecule has 3 N–H and O–H groups in total. The summed E-state index contributed by atoms with van der Waals surface area (Å²) in [5.41, 5.74) is 6.25. The molecule has 94 valence electrons. The molecule has 0 saturated heterocycles. The molecule has 0 spiro atoms. The van der Waals surface area contributed by atoms with Crippen LogP contribution in [0.15, 0.2) is 0 Å². The maximum absolute atomic E-state index is 6.25. The number of nitrogens with one attached hydrogen (secondary N) is 1. The summed E-state index contributed by atoms with van der Waals surface area (Å²) < 4.78 is 0. The van der Waals surface area contributed by atoms with Gasteiger partial charge in [-0.2, -0.15) is 0 Å². The molecular weight excluding hydrogens is 196 g/mol. The molecule has 0 bridgehead atoms. The van der Waals surface area contributed by atoms with E-state index >= 15 is 0 Å². The van der Waals surface area contributed by atoms with Crippen molar-refractivity contribution >= 4 is 0 Å². The van der Waals surface area contributed by atoms with Crippen LogP contribution in [0.4, 0.5) is 0 Å². The zero-order chi connectivity index (χ0) is 11.2. The molecule has 2 rings (SSSR count). The Morgan fingerprint density at radius 2 is 1.44 bits per heavy atom. The van der Waals surface area contributed by atoms with Crippen molar-refractivity contribution in [2.75, 3.05) is 6.54 Å². The predicted octanol–water partition coefficient (Wildman–Crippen LogP) is 2.82. The first-order valence-electron chi connectivity index (χ1n) is 7.35. The Hall–Kier alpha value is -0.0800. The fourth-order valence-corrected chi connectivity index (χ4v) is 3.29. The van der Waals surface area contributed by atoms with Crippen molar-refractivity contribution in [2.45, 2.75) is 76.3 Å². The van der Waals surface area contributed by atoms with Gasteiger partial charge in [0.2, 0.25) is 0 Å². The minimum absolute atomic E-state index is 0.457. The van der Waals surface area contributed by atoms with Gasteiger partial charge in [-0.3, -0.25) is 0 Å². The smallest absolute Gasteiger partial charge is 0.00792 e. The first-order chi connectivity index (χ1) is 7.86. The van der Waals surface area contributed by atoms with Gasteiger partial charge >= 0.3 is 0 Å². The van der Waals surface area contributed by atoms with Crippen molar-refractivity contribution in [1.82, 2.24) is 5.32 Å². The Morgan fingerprint density at radius 3 is 2.19 bits per heavy atom. The molecule has 0 aromatic heterocycles. The van der Waals surface area contributed by atoms with Gasteiger partial charge < -0.3 is 11.1 Å². The van der Waals surface area contributed by atoms with E-state index in [0.717, 1.165) is 12.0 Å². The molecule has 2 fully saturated rings. The van der Waals surface area contributed by atoms with Gasteiger partial charge in [-0.25, -0.2) is 0 Å². The molecule has 0 aromatic rings. The Kier molecular flexibility index (Phi) is 5.11. The summed E-state index contributed by atoms with van der Waals surface area (Å²) in [5, 5.41) is 3.77. The molecule has 2 unspecified atom stereocenters. The molecule has 0 radical (unpaired) electrons. The molecule has 0 aromatic carbocycles. The third-order valence-corrected chi connectivity index (χ3v) is 4.49. The Bertz CT molecular complexity index is 187. The van der Waals surface area contributed by atoms with Crippen LogP contribution in [0, 0.1) is 5.92 Å². The van der Waals surface area contributed by atoms with Crippen LogP contribution in [0.25, 0.3) is 0 Å². The van der Waals surface area contributed by atoms with E-state index in [1.165, 1.54) is 70.8 Å². The van der Waals surface area contributed by atoms with Crippen LogP contribution >= 0.6 is 0 Å². The van der Waals surface area contributed by atoms with E-state index in [-0.39, 0.29) is 0 Å². The Labute approximate surface area is 100 Å². The maximum atomic E-state index is 6.25. The fraction of sp³-hybridized carbons (Fsp3) is 1.00. The number of hydrogen-bond donors (Lipinski definition) is 2. The molecule has 0 heterocycles. The second-order valence-corrected chi connectivity index (χ2v) is 5.81. The van der Waals surface area contributed by atoms with Gasteiger partial charge in [0, 0.05) is 12.1 Å². The van der Waals surface area contributed by atoms with Crippen LogP contribution in [0.5, 0.6) is 0 Å². The standard InChI is InChI=1S/C14H28N2/c15-14-10-6-1-3-7-12(14)11-16-13-8-4-2-5-9-13/h12-14,16H,1-11,15H2. The first-order valence-corrected chi connectivity index (χ1v) is 7.35. The van der Waals surface area contributed by atoms with Gasteiger partial charge in [0.15, 0.2) is 0 Å². The van der Waals surface area contributed by atoms with Crippen LogP contribution in [0.2, 0.25) is 0 Å². The zero-order valence-corrected chi connectivity index (χ0v) is 10.6. The monoisotopic (exact) mass is 224 g/mol. The summed E-state index contributed by atoms with van der Waals surface area (Å²) in [5.74, 6) is 0.740. The summed E-state index contributed by atoms with van der Waals surface area (Å²) in [7, 11) is 0. The van der Waals surface area contributed by atoms with Crippen LogP contribution in [0.1, 0.15) is 64.2 Å². The van der Waals surface area contributed by atoms with Crippen LogP contribution in [0.3, 0.4) is 0 Å². The summed E-state index contributed by atoms with van der Waals surface area (Å²) in [6, 6.07) is 1.25. The van der Waals surface area contributed by atoms with Crippen molar-refractivity contribution in [2.24, 2.45) is 11.7 Å². The van der Waals surface area contributed by atoms with E-state index in [1.807, 2.05) is 0 Å². The predicted molar refractivity (Wildman–Crippen MR) is 69.4 cm³/mol. The van der Waals surface area contributed by atoms with Crippen LogP contribution < -0.4 is 11.1 Å². The SMILES string of the molecule is NC1CCCCCC1CNC1CCCCC1. The highest BCUT2D eigenvalue weighted by atomic mass is 14.9. The molecule has 2 aliphatic carbocycles. The Balaban J connectivity index is 1.70. The molecule has 16 heavy (non-hydrogen) atoms. The summed E-state index contributed by atoms with van der Waals surface area (Å²) in [6.45, 7) is 1.17. The molecule has 2 nitrogen and oxygen atoms in total. The summed E-state index contributed by atoms with van der Waals surface area (Å²) >= 11 is 0. The lowest BCUT2D eigenvalue weighted by atomic mass is 9.92. The largest absolute Gasteiger partial charge is 0.327 e. The van der Waals surface area contributed by atoms with Crippen molar-refractivity contribution in [3.8, 4) is 0 Å². The fourth-order valence-electron chi connectivity index (χ4n) is 3.29. The van der Waals surface area contributed by atoms with Gasteiger partial charge in [0.05, 0.1) is 0 Å². The van der Waals surface area contributed by atoms with Crippen molar-refractivity contribution < 1.29 is 0 Å². The minimum atomic E-state index is 0.457. The normalized spacial score (nSPS) is 33.6. The quantitative estimate of drug-likeness (QED) is 0.723. The lowest BCUT2D eigenvalue weighted by Crippen LogP contribution is -2.41. The maximum Gasteiger partial charge on any atom is 0.00792 e. The van der Waals surface area contributed by atoms with Crippen molar-refractivity contribution in [3.05, 3.63) is 0 Å². The topological polar surface area (TPSA) is 38.0 Å². The number of rotatable bonds is 3. The average Bonchev–Trinajstić information content (AvgIpc) is 2.53.